The van der Waals surface area contributed by atoms with Crippen LogP contribution in [0.1, 0.15) is 16.7 Å². The highest BCUT2D eigenvalue weighted by molar-refractivity contribution is 5.42. The number of methoxy groups -OCH3 is 1. The van der Waals surface area contributed by atoms with Gasteiger partial charge in [0.1, 0.15) is 11.6 Å². The van der Waals surface area contributed by atoms with E-state index in [1.165, 1.54) is 12.1 Å². The highest BCUT2D eigenvalue weighted by Gasteiger charge is 2.04. The standard InChI is InChI=1S/C17H17FN2O/c1-21-17-10-14(11-19)2-5-15(17)8-9-20-12-13-3-6-16(18)7-4-13/h2-7,10,20H,8-9,12H2,1H3. The van der Waals surface area contributed by atoms with Gasteiger partial charge in [-0.05, 0) is 48.4 Å². The number of nitrogens with one attached hydrogen (secondary N) is 1. The Bertz CT molecular complexity index is 632. The number of hydrogen-bond donors (Lipinski definition) is 1. The van der Waals surface area contributed by atoms with Gasteiger partial charge >= 0.3 is 0 Å². The summed E-state index contributed by atoms with van der Waals surface area (Å²) in [4.78, 5) is 0. The maximum atomic E-state index is 12.8. The maximum absolute atomic E-state index is 12.8. The van der Waals surface area contributed by atoms with Crippen molar-refractivity contribution in [1.29, 1.82) is 5.26 Å². The Morgan fingerprint density at radius 2 is 1.95 bits per heavy atom. The normalized spacial score (nSPS) is 10.1. The number of nitriles is 1. The van der Waals surface area contributed by atoms with Crippen molar-refractivity contribution in [3.8, 4) is 11.8 Å². The minimum Gasteiger partial charge on any atom is -0.496 e. The maximum Gasteiger partial charge on any atom is 0.123 e. The Morgan fingerprint density at radius 3 is 2.62 bits per heavy atom. The summed E-state index contributed by atoms with van der Waals surface area (Å²) < 4.78 is 18.1. The lowest BCUT2D eigenvalue weighted by Gasteiger charge is -2.09. The van der Waals surface area contributed by atoms with Crippen LogP contribution in [0.5, 0.6) is 5.75 Å². The van der Waals surface area contributed by atoms with Crippen LogP contribution in [0.25, 0.3) is 0 Å². The summed E-state index contributed by atoms with van der Waals surface area (Å²) in [7, 11) is 1.60. The molecule has 0 aliphatic heterocycles. The third-order valence-corrected chi connectivity index (χ3v) is 3.23. The molecule has 1 N–H and O–H groups in total. The van der Waals surface area contributed by atoms with E-state index in [0.717, 1.165) is 29.8 Å². The first kappa shape index (κ1) is 15.0. The van der Waals surface area contributed by atoms with Crippen molar-refractivity contribution in [2.24, 2.45) is 0 Å². The van der Waals surface area contributed by atoms with Crippen LogP contribution in [0.3, 0.4) is 0 Å². The minimum absolute atomic E-state index is 0.221. The fraction of sp³-hybridized carbons (Fsp3) is 0.235. The second kappa shape index (κ2) is 7.41. The van der Waals surface area contributed by atoms with Gasteiger partial charge in [0, 0.05) is 6.54 Å². The van der Waals surface area contributed by atoms with E-state index in [2.05, 4.69) is 11.4 Å². The summed E-state index contributed by atoms with van der Waals surface area (Å²) in [5, 5.41) is 12.2. The molecule has 0 unspecified atom stereocenters. The van der Waals surface area contributed by atoms with Crippen molar-refractivity contribution in [2.75, 3.05) is 13.7 Å². The number of benzene rings is 2. The van der Waals surface area contributed by atoms with Crippen molar-refractivity contribution in [1.82, 2.24) is 5.32 Å². The molecule has 0 aliphatic carbocycles. The van der Waals surface area contributed by atoms with Crippen molar-refractivity contribution in [2.45, 2.75) is 13.0 Å². The minimum atomic E-state index is -0.221. The van der Waals surface area contributed by atoms with E-state index in [4.69, 9.17) is 10.00 Å². The van der Waals surface area contributed by atoms with Crippen LogP contribution in [0.4, 0.5) is 4.39 Å². The summed E-state index contributed by atoms with van der Waals surface area (Å²) in [5.41, 5.74) is 2.70. The number of ether oxygens (including phenoxy) is 1. The van der Waals surface area contributed by atoms with E-state index < -0.39 is 0 Å². The average molecular weight is 284 g/mol. The Hall–Kier alpha value is -2.38. The zero-order valence-electron chi connectivity index (χ0n) is 11.9. The molecule has 0 aromatic heterocycles. The molecular weight excluding hydrogens is 267 g/mol. The summed E-state index contributed by atoms with van der Waals surface area (Å²) in [6.45, 7) is 1.47. The third kappa shape index (κ3) is 4.30. The van der Waals surface area contributed by atoms with Gasteiger partial charge in [0.25, 0.3) is 0 Å². The molecule has 0 spiro atoms. The van der Waals surface area contributed by atoms with Crippen molar-refractivity contribution < 1.29 is 9.13 Å². The molecular formula is C17H17FN2O. The molecule has 0 saturated carbocycles. The molecule has 0 heterocycles. The van der Waals surface area contributed by atoms with E-state index >= 15 is 0 Å². The smallest absolute Gasteiger partial charge is 0.123 e. The zero-order valence-corrected chi connectivity index (χ0v) is 11.9. The van der Waals surface area contributed by atoms with Gasteiger partial charge in [-0.3, -0.25) is 0 Å². The molecule has 0 aliphatic rings. The largest absolute Gasteiger partial charge is 0.496 e. The van der Waals surface area contributed by atoms with Gasteiger partial charge in [-0.2, -0.15) is 5.26 Å². The molecule has 0 atom stereocenters. The van der Waals surface area contributed by atoms with Gasteiger partial charge in [0.15, 0.2) is 0 Å². The lowest BCUT2D eigenvalue weighted by molar-refractivity contribution is 0.409. The molecule has 2 aromatic carbocycles. The third-order valence-electron chi connectivity index (χ3n) is 3.23. The molecule has 2 rings (SSSR count). The molecule has 3 nitrogen and oxygen atoms in total. The topological polar surface area (TPSA) is 45.0 Å². The molecule has 0 saturated heterocycles. The lowest BCUT2D eigenvalue weighted by Crippen LogP contribution is -2.17. The molecule has 0 radical (unpaired) electrons. The zero-order chi connectivity index (χ0) is 15.1. The first-order valence-corrected chi connectivity index (χ1v) is 6.75. The number of halogens is 1. The summed E-state index contributed by atoms with van der Waals surface area (Å²) >= 11 is 0. The predicted octanol–water partition coefficient (Wildman–Crippen LogP) is 3.04. The van der Waals surface area contributed by atoms with Gasteiger partial charge < -0.3 is 10.1 Å². The Balaban J connectivity index is 1.86. The highest BCUT2D eigenvalue weighted by atomic mass is 19.1. The van der Waals surface area contributed by atoms with Crippen LogP contribution in [-0.4, -0.2) is 13.7 Å². The van der Waals surface area contributed by atoms with Gasteiger partial charge in [-0.15, -0.1) is 0 Å². The Kier molecular flexibility index (Phi) is 5.30. The summed E-state index contributed by atoms with van der Waals surface area (Å²) in [6, 6.07) is 14.0. The fourth-order valence-corrected chi connectivity index (χ4v) is 2.08. The SMILES string of the molecule is COc1cc(C#N)ccc1CCNCc1ccc(F)cc1. The van der Waals surface area contributed by atoms with E-state index in [-0.39, 0.29) is 5.82 Å². The first-order chi connectivity index (χ1) is 10.2. The molecule has 2 aromatic rings. The van der Waals surface area contributed by atoms with Crippen LogP contribution < -0.4 is 10.1 Å². The highest BCUT2D eigenvalue weighted by Crippen LogP contribution is 2.20. The van der Waals surface area contributed by atoms with Gasteiger partial charge in [-0.1, -0.05) is 18.2 Å². The Morgan fingerprint density at radius 1 is 1.19 bits per heavy atom. The van der Waals surface area contributed by atoms with Crippen molar-refractivity contribution in [3.63, 3.8) is 0 Å². The van der Waals surface area contributed by atoms with Gasteiger partial charge in [0.05, 0.1) is 18.7 Å². The second-order valence-corrected chi connectivity index (χ2v) is 4.69. The molecule has 21 heavy (non-hydrogen) atoms. The van der Waals surface area contributed by atoms with Gasteiger partial charge in [-0.25, -0.2) is 4.39 Å². The molecule has 0 bridgehead atoms. The number of rotatable bonds is 6. The monoisotopic (exact) mass is 284 g/mol. The molecule has 0 fully saturated rings. The fourth-order valence-electron chi connectivity index (χ4n) is 2.08. The molecule has 108 valence electrons. The van der Waals surface area contributed by atoms with Crippen LogP contribution in [0.2, 0.25) is 0 Å². The lowest BCUT2D eigenvalue weighted by atomic mass is 10.1. The quantitative estimate of drug-likeness (QED) is 0.829. The molecule has 4 heteroatoms. The van der Waals surface area contributed by atoms with E-state index in [0.29, 0.717) is 12.1 Å². The summed E-state index contributed by atoms with van der Waals surface area (Å²) in [5.74, 6) is 0.513. The van der Waals surface area contributed by atoms with Crippen LogP contribution in [-0.2, 0) is 13.0 Å². The van der Waals surface area contributed by atoms with Crippen LogP contribution >= 0.6 is 0 Å². The van der Waals surface area contributed by atoms with E-state index in [1.54, 1.807) is 31.4 Å². The number of hydrogen-bond acceptors (Lipinski definition) is 3. The van der Waals surface area contributed by atoms with Crippen LogP contribution in [0, 0.1) is 17.1 Å². The average Bonchev–Trinajstić information content (AvgIpc) is 2.53. The first-order valence-electron chi connectivity index (χ1n) is 6.75. The number of nitrogens with zero attached hydrogens (tertiary/aromatic N) is 1. The molecule has 0 amide bonds. The van der Waals surface area contributed by atoms with Crippen molar-refractivity contribution in [3.05, 3.63) is 65.0 Å². The predicted molar refractivity (Wildman–Crippen MR) is 79.5 cm³/mol. The van der Waals surface area contributed by atoms with E-state index in [1.807, 2.05) is 6.07 Å². The van der Waals surface area contributed by atoms with Crippen molar-refractivity contribution >= 4 is 0 Å². The second-order valence-electron chi connectivity index (χ2n) is 4.69. The van der Waals surface area contributed by atoms with Gasteiger partial charge in [0.2, 0.25) is 0 Å². The summed E-state index contributed by atoms with van der Waals surface area (Å²) in [6.07, 6.45) is 0.802. The Labute approximate surface area is 124 Å². The van der Waals surface area contributed by atoms with Crippen LogP contribution in [0.15, 0.2) is 42.5 Å². The van der Waals surface area contributed by atoms with E-state index in [9.17, 15) is 4.39 Å².